The van der Waals surface area contributed by atoms with E-state index in [0.29, 0.717) is 124 Å². The summed E-state index contributed by atoms with van der Waals surface area (Å²) in [5.41, 5.74) is 11.6. The number of nitrogens with zero attached hydrogens (tertiary/aromatic N) is 6. The second-order valence-electron chi connectivity index (χ2n) is 29.1. The van der Waals surface area contributed by atoms with Crippen LogP contribution >= 0.6 is 0 Å². The van der Waals surface area contributed by atoms with E-state index in [-0.39, 0.29) is 73.8 Å². The fourth-order valence-electron chi connectivity index (χ4n) is 14.5. The van der Waals surface area contributed by atoms with Crippen molar-refractivity contribution in [2.24, 2.45) is 0 Å². The molecule has 0 bridgehead atoms. The minimum absolute atomic E-state index is 0.0575. The zero-order chi connectivity index (χ0) is 83.7. The van der Waals surface area contributed by atoms with Crippen molar-refractivity contribution in [1.82, 2.24) is 16.0 Å². The van der Waals surface area contributed by atoms with Crippen molar-refractivity contribution in [1.29, 1.82) is 0 Å². The van der Waals surface area contributed by atoms with Crippen molar-refractivity contribution in [2.75, 3.05) is 13.1 Å². The van der Waals surface area contributed by atoms with Crippen molar-refractivity contribution in [3.8, 4) is 61.8 Å². The monoisotopic (exact) mass is 1600 g/mol. The van der Waals surface area contributed by atoms with Crippen molar-refractivity contribution >= 4 is 84.3 Å². The first-order valence-corrected chi connectivity index (χ1v) is 39.2. The van der Waals surface area contributed by atoms with Gasteiger partial charge in [0.1, 0.15) is 28.4 Å². The molecule has 0 fully saturated rings. The lowest BCUT2D eigenvalue weighted by Gasteiger charge is -2.18. The van der Waals surface area contributed by atoms with Crippen LogP contribution in [0.5, 0.6) is 17.2 Å². The molecule has 3 amide bonds. The minimum Gasteiger partial charge on any atom is -0.538 e. The lowest BCUT2D eigenvalue weighted by atomic mass is 9.77. The van der Waals surface area contributed by atoms with Crippen LogP contribution in [-0.2, 0) is 48.9 Å². The second-order valence-corrected chi connectivity index (χ2v) is 29.1. The minimum atomic E-state index is -1.79. The normalized spacial score (nSPS) is 11.2. The summed E-state index contributed by atoms with van der Waals surface area (Å²) in [5.74, 6) is -0.142. The molecule has 598 valence electrons. The number of unbranched alkanes of at least 4 members (excludes halogenated alkanes) is 2. The van der Waals surface area contributed by atoms with Crippen molar-refractivity contribution < 1.29 is 106 Å². The molecule has 6 heterocycles. The highest BCUT2D eigenvalue weighted by Crippen LogP contribution is 2.29. The maximum Gasteiger partial charge on any atom is 0.504 e. The third kappa shape index (κ3) is 23.7. The molecular weight excluding hydrogens is 1500 g/mol. The quantitative estimate of drug-likeness (QED) is 0.0112. The van der Waals surface area contributed by atoms with Crippen LogP contribution in [0.3, 0.4) is 0 Å². The topological polar surface area (TPSA) is 337 Å². The number of hydrogen-bond acceptors (Lipinski definition) is 16. The van der Waals surface area contributed by atoms with Gasteiger partial charge >= 0.3 is 44.4 Å². The predicted molar refractivity (Wildman–Crippen MR) is 453 cm³/mol. The van der Waals surface area contributed by atoms with Gasteiger partial charge in [0.15, 0.2) is 119 Å². The standard InChI is InChI=1S/C88H90B6N9O16/c1-61(2)86(105)95-37-18-16-33-82(104)81(97-88(107)77-44-75(58-103(60-77)52-69-26-8-14-36-85(69)119-91-110)72-41-70(53-100(55-72)48-65-22-4-10-30-79(65)93(113)114)63-28-20-40-99(46-63)50-67-24-6-12-34-83(67)117-89-108)32-15-17-38-96-87(106)76-43-74(57-101(59-76)49-66-23-5-11-31-80(66)94(115)116)73-42-71(54-102(56-73)51-68-25-7-13-35-84(68)118-90-109)62-27-19-39-98(45-62)47-64-21-3-9-29-78(64)92(111)112/h3-14,19-31,34-36,39-46,53-60,81,89-91,108-116H,1,15-18,32-33,37-38,47-52H2,2H3/q+3/p+3. The number of nitrogens with one attached hydrogen (secondary N) is 3. The van der Waals surface area contributed by atoms with Gasteiger partial charge < -0.3 is 75.1 Å². The molecule has 0 aliphatic carbocycles. The van der Waals surface area contributed by atoms with Crippen molar-refractivity contribution in [3.05, 3.63) is 325 Å². The van der Waals surface area contributed by atoms with E-state index in [1.165, 1.54) is 0 Å². The molecule has 0 aliphatic rings. The van der Waals surface area contributed by atoms with E-state index in [2.05, 4.69) is 22.5 Å². The Morgan fingerprint density at radius 1 is 0.378 bits per heavy atom. The number of aromatic nitrogens is 6. The fraction of sp³-hybridized carbons (Fsp3) is 0.182. The zero-order valence-corrected chi connectivity index (χ0v) is 66.0. The van der Waals surface area contributed by atoms with Gasteiger partial charge in [-0.05, 0) is 128 Å². The first-order chi connectivity index (χ1) is 57.8. The van der Waals surface area contributed by atoms with Gasteiger partial charge in [0.2, 0.25) is 5.91 Å². The molecule has 0 aliphatic heterocycles. The average Bonchev–Trinajstić information content (AvgIpc) is 0.793. The molecular formula is C88H93B6N9O16+6. The lowest BCUT2D eigenvalue weighted by molar-refractivity contribution is -0.689. The molecule has 0 spiro atoms. The lowest BCUT2D eigenvalue weighted by Crippen LogP contribution is -2.43. The van der Waals surface area contributed by atoms with Gasteiger partial charge in [-0.2, -0.15) is 18.3 Å². The molecule has 0 saturated carbocycles. The summed E-state index contributed by atoms with van der Waals surface area (Å²) < 4.78 is 28.4. The van der Waals surface area contributed by atoms with E-state index in [1.54, 1.807) is 104 Å². The highest BCUT2D eigenvalue weighted by atomic mass is 16.5. The summed E-state index contributed by atoms with van der Waals surface area (Å²) in [6.07, 6.45) is 24.4. The Balaban J connectivity index is 0.856. The molecule has 12 rings (SSSR count). The number of Topliss-reactive ketones (excluding diaryl/α,β-unsaturated/α-hetero) is 1. The van der Waals surface area contributed by atoms with E-state index >= 15 is 4.79 Å². The van der Waals surface area contributed by atoms with Crippen LogP contribution < -0.4 is 73.7 Å². The molecule has 119 heavy (non-hydrogen) atoms. The van der Waals surface area contributed by atoms with Crippen molar-refractivity contribution in [2.45, 2.75) is 90.8 Å². The van der Waals surface area contributed by atoms with E-state index in [9.17, 15) is 59.6 Å². The Labute approximate surface area is 693 Å². The molecule has 25 nitrogen and oxygen atoms in total. The fourth-order valence-corrected chi connectivity index (χ4v) is 14.5. The maximum atomic E-state index is 15.4. The zero-order valence-electron chi connectivity index (χ0n) is 66.0. The average molecular weight is 1600 g/mol. The van der Waals surface area contributed by atoms with E-state index in [1.807, 2.05) is 199 Å². The van der Waals surface area contributed by atoms with E-state index in [0.717, 1.165) is 33.4 Å². The van der Waals surface area contributed by atoms with Crippen molar-refractivity contribution in [3.63, 3.8) is 0 Å². The molecule has 12 N–H and O–H groups in total. The first kappa shape index (κ1) is 85.8. The van der Waals surface area contributed by atoms with E-state index < -0.39 is 62.3 Å². The largest absolute Gasteiger partial charge is 0.538 e. The molecule has 31 heteroatoms. The number of amides is 3. The van der Waals surface area contributed by atoms with Gasteiger partial charge in [0.05, 0.1) is 67.2 Å². The number of pyridine rings is 6. The molecule has 6 aromatic heterocycles. The third-order valence-corrected chi connectivity index (χ3v) is 20.4. The molecule has 6 aromatic carbocycles. The SMILES string of the molecule is C=C(C)C(=O)NCCCCC(=O)C(CCCCNC(=O)c1cc(-c2cc(-c3ccc[n+](Cc4ccccc4B(O)O)c3)c[n+](Cc3ccccc3OBO)c2)c[n+](Cc2ccccc2B(O)O)c1)NC(=O)c1cc(-c2cc(-c3ccc[n+](Cc4ccccc4OBO)c3)c[n+](Cc3ccccc3B(O)O)c2)c[n+](Cc2ccccc2OBO)c1. The van der Waals surface area contributed by atoms with Gasteiger partial charge in [0.25, 0.3) is 11.8 Å². The molecule has 12 aromatic rings. The smallest absolute Gasteiger partial charge is 0.504 e. The van der Waals surface area contributed by atoms with Gasteiger partial charge in [0, 0.05) is 53.9 Å². The molecule has 0 saturated heterocycles. The first-order valence-electron chi connectivity index (χ1n) is 39.2. The van der Waals surface area contributed by atoms with Gasteiger partial charge in [-0.25, -0.2) is 9.13 Å². The summed E-state index contributed by atoms with van der Waals surface area (Å²) >= 11 is 0. The Morgan fingerprint density at radius 3 is 1.12 bits per heavy atom. The van der Waals surface area contributed by atoms with Crippen LogP contribution in [0.1, 0.15) is 99.5 Å². The summed E-state index contributed by atoms with van der Waals surface area (Å²) in [6, 6.07) is 57.2. The number of hydrogen-bond donors (Lipinski definition) is 12. The second kappa shape index (κ2) is 42.0. The summed E-state index contributed by atoms with van der Waals surface area (Å²) in [4.78, 5) is 57.5. The maximum absolute atomic E-state index is 15.4. The Hall–Kier alpha value is -12.5. The van der Waals surface area contributed by atoms with Crippen LogP contribution in [-0.4, -0.2) is 132 Å². The van der Waals surface area contributed by atoms with Gasteiger partial charge in [-0.1, -0.05) is 116 Å². The van der Waals surface area contributed by atoms with E-state index in [4.69, 9.17) is 14.0 Å². The summed E-state index contributed by atoms with van der Waals surface area (Å²) in [7, 11) is -6.87. The molecule has 1 atom stereocenters. The predicted octanol–water partition coefficient (Wildman–Crippen LogP) is 1.45. The van der Waals surface area contributed by atoms with Gasteiger partial charge in [-0.15, -0.1) is 0 Å². The highest BCUT2D eigenvalue weighted by Gasteiger charge is 2.29. The Kier molecular flexibility index (Phi) is 30.3. The van der Waals surface area contributed by atoms with Crippen LogP contribution in [0, 0.1) is 0 Å². The number of benzene rings is 6. The number of ketones is 1. The number of carbonyl (C=O) groups excluding carboxylic acids is 4. The molecule has 0 radical (unpaired) electrons. The Morgan fingerprint density at radius 2 is 0.706 bits per heavy atom. The van der Waals surface area contributed by atoms with Crippen LogP contribution in [0.25, 0.3) is 44.5 Å². The summed E-state index contributed by atoms with van der Waals surface area (Å²) in [6.45, 7) is 7.25. The van der Waals surface area contributed by atoms with Crippen LogP contribution in [0.15, 0.2) is 281 Å². The van der Waals surface area contributed by atoms with Gasteiger partial charge in [-0.3, -0.25) is 19.2 Å². The third-order valence-electron chi connectivity index (χ3n) is 20.4. The number of carbonyl (C=O) groups is 4. The number of rotatable bonds is 40. The Bertz CT molecular complexity index is 5600. The van der Waals surface area contributed by atoms with Crippen LogP contribution in [0.2, 0.25) is 0 Å². The van der Waals surface area contributed by atoms with Crippen LogP contribution in [0.4, 0.5) is 0 Å². The highest BCUT2D eigenvalue weighted by molar-refractivity contribution is 6.60. The summed E-state index contributed by atoms with van der Waals surface area (Å²) in [5, 5.41) is 101. The molecule has 1 unspecified atom stereocenters. The number of para-hydroxylation sites is 3.